The lowest BCUT2D eigenvalue weighted by Gasteiger charge is -2.04. The van der Waals surface area contributed by atoms with Crippen molar-refractivity contribution >= 4 is 35.6 Å². The first kappa shape index (κ1) is 17.4. The molecule has 25 heavy (non-hydrogen) atoms. The van der Waals surface area contributed by atoms with E-state index >= 15 is 0 Å². The summed E-state index contributed by atoms with van der Waals surface area (Å²) in [6, 6.07) is 11.5. The van der Waals surface area contributed by atoms with Crippen molar-refractivity contribution in [1.29, 1.82) is 0 Å². The molecule has 3 aromatic rings. The van der Waals surface area contributed by atoms with Crippen molar-refractivity contribution in [2.75, 3.05) is 0 Å². The Morgan fingerprint density at radius 1 is 1.08 bits per heavy atom. The van der Waals surface area contributed by atoms with Gasteiger partial charge in [-0.1, -0.05) is 29.5 Å². The van der Waals surface area contributed by atoms with Crippen molar-refractivity contribution in [3.05, 3.63) is 58.5 Å². The van der Waals surface area contributed by atoms with Crippen LogP contribution in [0.1, 0.15) is 17.2 Å². The van der Waals surface area contributed by atoms with Crippen LogP contribution < -0.4 is 5.11 Å². The van der Waals surface area contributed by atoms with E-state index in [-0.39, 0.29) is 10.1 Å². The summed E-state index contributed by atoms with van der Waals surface area (Å²) < 4.78 is 10.8. The summed E-state index contributed by atoms with van der Waals surface area (Å²) in [4.78, 5) is 12.3. The average Bonchev–Trinajstić information content (AvgIpc) is 3.18. The monoisotopic (exact) mass is 373 g/mol. The lowest BCUT2D eigenvalue weighted by atomic mass is 10.2. The molecule has 0 fully saturated rings. The largest absolute Gasteiger partial charge is 0.544 e. The number of carbonyl (C=O) groups excluding carboxylic acids is 1. The first-order valence-electron chi connectivity index (χ1n) is 7.25. The second-order valence-electron chi connectivity index (χ2n) is 5.06. The average molecular weight is 373 g/mol. The molecule has 1 aromatic carbocycles. The highest BCUT2D eigenvalue weighted by Gasteiger charge is 2.10. The number of hydrogen-bond donors (Lipinski definition) is 0. The molecular weight excluding hydrogens is 360 g/mol. The molecule has 0 radical (unpaired) electrons. The second kappa shape index (κ2) is 7.62. The van der Waals surface area contributed by atoms with Crippen molar-refractivity contribution < 1.29 is 18.7 Å². The Bertz CT molecular complexity index is 913. The first-order chi connectivity index (χ1) is 12.0. The van der Waals surface area contributed by atoms with Gasteiger partial charge in [0.15, 0.2) is 5.09 Å². The molecule has 0 aliphatic carbocycles. The molecule has 8 heteroatoms. The van der Waals surface area contributed by atoms with Crippen LogP contribution in [0.15, 0.2) is 65.3 Å². The normalized spacial score (nSPS) is 11.7. The first-order valence-corrected chi connectivity index (χ1v) is 8.88. The van der Waals surface area contributed by atoms with Crippen LogP contribution in [-0.2, 0) is 4.79 Å². The molecule has 0 N–H and O–H groups in total. The van der Waals surface area contributed by atoms with Gasteiger partial charge in [-0.3, -0.25) is 0 Å². The molecule has 0 amide bonds. The third kappa shape index (κ3) is 4.77. The van der Waals surface area contributed by atoms with Gasteiger partial charge in [0, 0.05) is 16.7 Å². The summed E-state index contributed by atoms with van der Waals surface area (Å²) in [6.07, 6.45) is 1.37. The zero-order chi connectivity index (χ0) is 17.8. The fourth-order valence-corrected chi connectivity index (χ4v) is 3.33. The van der Waals surface area contributed by atoms with Crippen molar-refractivity contribution in [1.82, 2.24) is 10.2 Å². The summed E-state index contributed by atoms with van der Waals surface area (Å²) >= 11 is 2.27. The van der Waals surface area contributed by atoms with E-state index < -0.39 is 5.97 Å². The quantitative estimate of drug-likeness (QED) is 0.480. The number of nitrogens with zero attached hydrogens (tertiary/aromatic N) is 2. The molecule has 128 valence electrons. The van der Waals surface area contributed by atoms with Gasteiger partial charge >= 0.3 is 0 Å². The van der Waals surface area contributed by atoms with E-state index in [1.807, 2.05) is 31.2 Å². The number of thioether (sulfide) groups is 1. The number of aromatic nitrogens is 2. The van der Waals surface area contributed by atoms with Crippen LogP contribution in [0.2, 0.25) is 0 Å². The second-order valence-corrected chi connectivity index (χ2v) is 7.13. The predicted molar refractivity (Wildman–Crippen MR) is 91.9 cm³/mol. The maximum Gasteiger partial charge on any atom is 0.281 e. The van der Waals surface area contributed by atoms with Gasteiger partial charge in [0.25, 0.3) is 5.22 Å². The Hall–Kier alpha value is -2.45. The molecule has 3 rings (SSSR count). The zero-order valence-corrected chi connectivity index (χ0v) is 15.0. The third-order valence-electron chi connectivity index (χ3n) is 3.02. The number of carboxylic acids is 1. The molecule has 0 saturated carbocycles. The number of carboxylic acid groups (broad SMARTS) is 1. The van der Waals surface area contributed by atoms with Gasteiger partial charge in [0.2, 0.25) is 5.89 Å². The molecule has 0 unspecified atom stereocenters. The fraction of sp³-hybridized carbons (Fsp3) is 0.118. The Kier molecular flexibility index (Phi) is 5.30. The Balaban J connectivity index is 1.75. The molecule has 2 aromatic heterocycles. The molecular formula is C17H13N2O4S2-. The van der Waals surface area contributed by atoms with Crippen LogP contribution in [0.4, 0.5) is 0 Å². The van der Waals surface area contributed by atoms with Gasteiger partial charge < -0.3 is 18.7 Å². The van der Waals surface area contributed by atoms with E-state index in [2.05, 4.69) is 10.2 Å². The van der Waals surface area contributed by atoms with Gasteiger partial charge in [-0.25, -0.2) is 0 Å². The zero-order valence-electron chi connectivity index (χ0n) is 13.4. The summed E-state index contributed by atoms with van der Waals surface area (Å²) in [6.45, 7) is 3.65. The van der Waals surface area contributed by atoms with Gasteiger partial charge in [-0.2, -0.15) is 0 Å². The minimum atomic E-state index is -1.34. The van der Waals surface area contributed by atoms with E-state index in [9.17, 15) is 9.90 Å². The van der Waals surface area contributed by atoms with Crippen molar-refractivity contribution in [3.63, 3.8) is 0 Å². The fourth-order valence-electron chi connectivity index (χ4n) is 1.86. The van der Waals surface area contributed by atoms with E-state index in [1.54, 1.807) is 19.1 Å². The van der Waals surface area contributed by atoms with Crippen molar-refractivity contribution in [3.8, 4) is 0 Å². The van der Waals surface area contributed by atoms with Crippen molar-refractivity contribution in [2.45, 2.75) is 29.1 Å². The molecule has 2 heterocycles. The topological polar surface area (TPSA) is 92.2 Å². The van der Waals surface area contributed by atoms with Crippen LogP contribution in [-0.4, -0.2) is 16.2 Å². The number of aryl methyl sites for hydroxylation is 2. The molecule has 0 saturated heterocycles. The van der Waals surface area contributed by atoms with E-state index in [1.165, 1.54) is 23.4 Å². The lowest BCUT2D eigenvalue weighted by Crippen LogP contribution is -2.22. The molecule has 0 bridgehead atoms. The van der Waals surface area contributed by atoms with Crippen LogP contribution in [0.25, 0.3) is 6.08 Å². The minimum Gasteiger partial charge on any atom is -0.544 e. The summed E-state index contributed by atoms with van der Waals surface area (Å²) in [5.41, 5.74) is 1.18. The maximum absolute atomic E-state index is 11.3. The molecule has 0 aliphatic heterocycles. The molecule has 0 aliphatic rings. The van der Waals surface area contributed by atoms with Crippen LogP contribution >= 0.6 is 23.5 Å². The van der Waals surface area contributed by atoms with Crippen LogP contribution in [0, 0.1) is 13.8 Å². The van der Waals surface area contributed by atoms with E-state index in [0.29, 0.717) is 16.7 Å². The Morgan fingerprint density at radius 3 is 2.48 bits per heavy atom. The smallest absolute Gasteiger partial charge is 0.281 e. The number of hydrogen-bond acceptors (Lipinski definition) is 8. The van der Waals surface area contributed by atoms with Gasteiger partial charge in [0.05, 0.1) is 5.97 Å². The van der Waals surface area contributed by atoms with E-state index in [0.717, 1.165) is 16.7 Å². The maximum atomic E-state index is 11.3. The Morgan fingerprint density at radius 2 is 1.84 bits per heavy atom. The number of rotatable bonds is 6. The SMILES string of the molecule is Cc1ccc(Sc2ccc(/C=C(\Sc3nnc(C)o3)C(=O)[O-])o2)cc1. The van der Waals surface area contributed by atoms with Gasteiger partial charge in [-0.05, 0) is 49.0 Å². The standard InChI is InChI=1S/C17H14N2O4S2/c1-10-3-6-13(7-4-10)24-15-8-5-12(23-15)9-14(16(20)21)25-17-19-18-11(2)22-17/h3-9H,1-2H3,(H,20,21)/p-1/b14-9-. The van der Waals surface area contributed by atoms with Crippen LogP contribution in [0.5, 0.6) is 0 Å². The predicted octanol–water partition coefficient (Wildman–Crippen LogP) is 3.31. The summed E-state index contributed by atoms with van der Waals surface area (Å²) in [7, 11) is 0. The molecule has 0 spiro atoms. The highest BCUT2D eigenvalue weighted by Crippen LogP contribution is 2.32. The van der Waals surface area contributed by atoms with Crippen LogP contribution in [0.3, 0.4) is 0 Å². The number of furan rings is 1. The van der Waals surface area contributed by atoms with Gasteiger partial charge in [-0.15, -0.1) is 10.2 Å². The summed E-state index contributed by atoms with van der Waals surface area (Å²) in [5, 5.41) is 19.5. The highest BCUT2D eigenvalue weighted by atomic mass is 32.2. The highest BCUT2D eigenvalue weighted by molar-refractivity contribution is 8.03. The minimum absolute atomic E-state index is 0.0788. The summed E-state index contributed by atoms with van der Waals surface area (Å²) in [5.74, 6) is -0.586. The third-order valence-corrected chi connectivity index (χ3v) is 4.79. The number of aliphatic carboxylic acids is 1. The molecule has 0 atom stereocenters. The lowest BCUT2D eigenvalue weighted by molar-refractivity contribution is -0.298. The molecule has 6 nitrogen and oxygen atoms in total. The number of benzene rings is 1. The van der Waals surface area contributed by atoms with E-state index in [4.69, 9.17) is 8.83 Å². The van der Waals surface area contributed by atoms with Gasteiger partial charge in [0.1, 0.15) is 5.76 Å². The Labute approximate surface area is 152 Å². The number of carbonyl (C=O) groups is 1. The van der Waals surface area contributed by atoms with Crippen molar-refractivity contribution in [2.24, 2.45) is 0 Å².